The van der Waals surface area contributed by atoms with Gasteiger partial charge in [0.15, 0.2) is 0 Å². The van der Waals surface area contributed by atoms with Gasteiger partial charge in [-0.2, -0.15) is 0 Å². The molecule has 0 atom stereocenters. The Balaban J connectivity index is 2.20. The van der Waals surface area contributed by atoms with Crippen LogP contribution in [0.2, 0.25) is 5.02 Å². The minimum Gasteiger partial charge on any atom is -0.395 e. The van der Waals surface area contributed by atoms with E-state index < -0.39 is 0 Å². The predicted molar refractivity (Wildman–Crippen MR) is 89.1 cm³/mol. The lowest BCUT2D eigenvalue weighted by Crippen LogP contribution is -2.33. The third-order valence-corrected chi connectivity index (χ3v) is 3.90. The van der Waals surface area contributed by atoms with E-state index in [1.165, 1.54) is 9.80 Å². The van der Waals surface area contributed by atoms with E-state index >= 15 is 0 Å². The second kappa shape index (κ2) is 6.40. The van der Waals surface area contributed by atoms with Crippen LogP contribution in [0.3, 0.4) is 0 Å². The van der Waals surface area contributed by atoms with Gasteiger partial charge >= 0.3 is 0 Å². The summed E-state index contributed by atoms with van der Waals surface area (Å²) in [6.45, 7) is -0.0588. The Labute approximate surface area is 138 Å². The fourth-order valence-electron chi connectivity index (χ4n) is 2.68. The molecular weight excluding hydrogens is 316 g/mol. The number of halogens is 1. The van der Waals surface area contributed by atoms with Crippen LogP contribution in [0.1, 0.15) is 6.42 Å². The summed E-state index contributed by atoms with van der Waals surface area (Å²) >= 11 is 6.10. The van der Waals surface area contributed by atoms with E-state index in [9.17, 15) is 14.7 Å². The number of hydrogen-bond donors (Lipinski definition) is 1. The summed E-state index contributed by atoms with van der Waals surface area (Å²) in [4.78, 5) is 27.9. The molecule has 1 heterocycles. The maximum absolute atomic E-state index is 12.6. The highest BCUT2D eigenvalue weighted by Gasteiger charge is 2.32. The molecule has 0 saturated carbocycles. The lowest BCUT2D eigenvalue weighted by Gasteiger charge is -2.25. The van der Waals surface area contributed by atoms with E-state index in [1.54, 1.807) is 30.3 Å². The standard InChI is InChI=1S/C17H15ClN2O3/c18-12-6-7-14-15(10-12)20(13-4-2-1-3-5-13)17(23)11-16(22)19(14)8-9-21/h1-7,10,21H,8-9,11H2. The van der Waals surface area contributed by atoms with Crippen molar-refractivity contribution < 1.29 is 14.7 Å². The highest BCUT2D eigenvalue weighted by molar-refractivity contribution is 6.31. The number of para-hydroxylation sites is 1. The van der Waals surface area contributed by atoms with Crippen molar-refractivity contribution in [1.82, 2.24) is 0 Å². The van der Waals surface area contributed by atoms with Crippen molar-refractivity contribution in [2.45, 2.75) is 6.42 Å². The molecule has 0 aromatic heterocycles. The van der Waals surface area contributed by atoms with E-state index in [-0.39, 0.29) is 31.4 Å². The molecule has 0 unspecified atom stereocenters. The average molecular weight is 331 g/mol. The fraction of sp³-hybridized carbons (Fsp3) is 0.176. The number of β-amino-alcohol motifs (C(OH)–C–C–N with tert-alkyl or cyclic N) is 1. The molecule has 0 radical (unpaired) electrons. The fourth-order valence-corrected chi connectivity index (χ4v) is 2.85. The van der Waals surface area contributed by atoms with Gasteiger partial charge in [-0.3, -0.25) is 14.5 Å². The normalized spacial score (nSPS) is 14.7. The molecule has 118 valence electrons. The highest BCUT2D eigenvalue weighted by atomic mass is 35.5. The lowest BCUT2D eigenvalue weighted by molar-refractivity contribution is -0.125. The van der Waals surface area contributed by atoms with Crippen LogP contribution in [0.4, 0.5) is 17.1 Å². The molecular formula is C17H15ClN2O3. The van der Waals surface area contributed by atoms with Gasteiger partial charge < -0.3 is 10.0 Å². The molecule has 0 fully saturated rings. The third-order valence-electron chi connectivity index (χ3n) is 3.66. The first-order chi connectivity index (χ1) is 11.1. The van der Waals surface area contributed by atoms with Crippen molar-refractivity contribution in [3.8, 4) is 0 Å². The van der Waals surface area contributed by atoms with E-state index in [0.29, 0.717) is 22.1 Å². The van der Waals surface area contributed by atoms with Crippen molar-refractivity contribution >= 4 is 40.5 Å². The molecule has 3 rings (SSSR count). The summed E-state index contributed by atoms with van der Waals surface area (Å²) in [6.07, 6.45) is -0.263. The molecule has 1 aliphatic rings. The zero-order valence-electron chi connectivity index (χ0n) is 12.3. The predicted octanol–water partition coefficient (Wildman–Crippen LogP) is 2.73. The molecule has 23 heavy (non-hydrogen) atoms. The smallest absolute Gasteiger partial charge is 0.241 e. The van der Waals surface area contributed by atoms with Gasteiger partial charge in [-0.05, 0) is 30.3 Å². The van der Waals surface area contributed by atoms with Crippen LogP contribution in [0, 0.1) is 0 Å². The molecule has 0 spiro atoms. The molecule has 0 bridgehead atoms. The highest BCUT2D eigenvalue weighted by Crippen LogP contribution is 2.39. The number of amides is 2. The first kappa shape index (κ1) is 15.5. The first-order valence-corrected chi connectivity index (χ1v) is 7.58. The van der Waals surface area contributed by atoms with Crippen molar-refractivity contribution in [3.05, 3.63) is 53.6 Å². The quantitative estimate of drug-likeness (QED) is 0.880. The van der Waals surface area contributed by atoms with Gasteiger partial charge in [-0.1, -0.05) is 29.8 Å². The first-order valence-electron chi connectivity index (χ1n) is 7.20. The summed E-state index contributed by atoms with van der Waals surface area (Å²) in [6, 6.07) is 14.1. The van der Waals surface area contributed by atoms with Crippen molar-refractivity contribution in [2.75, 3.05) is 23.0 Å². The Morgan fingerprint density at radius 3 is 2.43 bits per heavy atom. The minimum atomic E-state index is -0.342. The number of hydrogen-bond acceptors (Lipinski definition) is 3. The van der Waals surface area contributed by atoms with Crippen LogP contribution in [0.15, 0.2) is 48.5 Å². The number of nitrogens with zero attached hydrogens (tertiary/aromatic N) is 2. The maximum atomic E-state index is 12.6. The molecule has 2 aromatic carbocycles. The average Bonchev–Trinajstić information content (AvgIpc) is 2.63. The van der Waals surface area contributed by atoms with Crippen molar-refractivity contribution in [2.24, 2.45) is 0 Å². The topological polar surface area (TPSA) is 60.9 Å². The minimum absolute atomic E-state index is 0.128. The second-order valence-electron chi connectivity index (χ2n) is 5.14. The Kier molecular flexibility index (Phi) is 4.32. The van der Waals surface area contributed by atoms with Gasteiger partial charge in [0.25, 0.3) is 0 Å². The number of aliphatic hydroxyl groups excluding tert-OH is 1. The number of fused-ring (bicyclic) bond motifs is 1. The maximum Gasteiger partial charge on any atom is 0.241 e. The Morgan fingerprint density at radius 2 is 1.74 bits per heavy atom. The van der Waals surface area contributed by atoms with Crippen molar-refractivity contribution in [3.63, 3.8) is 0 Å². The van der Waals surface area contributed by atoms with Gasteiger partial charge in [0.05, 0.1) is 18.0 Å². The number of aliphatic hydroxyl groups is 1. The number of rotatable bonds is 3. The number of benzene rings is 2. The van der Waals surface area contributed by atoms with E-state index in [4.69, 9.17) is 11.6 Å². The van der Waals surface area contributed by atoms with E-state index in [2.05, 4.69) is 0 Å². The number of anilines is 3. The Hall–Kier alpha value is -2.37. The monoisotopic (exact) mass is 330 g/mol. The van der Waals surface area contributed by atoms with E-state index in [1.807, 2.05) is 18.2 Å². The summed E-state index contributed by atoms with van der Waals surface area (Å²) in [5.41, 5.74) is 1.76. The van der Waals surface area contributed by atoms with Crippen LogP contribution >= 0.6 is 11.6 Å². The number of carbonyl (C=O) groups is 2. The van der Waals surface area contributed by atoms with Crippen LogP contribution in [0.25, 0.3) is 0 Å². The second-order valence-corrected chi connectivity index (χ2v) is 5.58. The van der Waals surface area contributed by atoms with Crippen LogP contribution in [-0.2, 0) is 9.59 Å². The zero-order valence-corrected chi connectivity index (χ0v) is 13.0. The number of carbonyl (C=O) groups excluding carboxylic acids is 2. The zero-order chi connectivity index (χ0) is 16.4. The van der Waals surface area contributed by atoms with E-state index in [0.717, 1.165) is 0 Å². The SMILES string of the molecule is O=C1CC(=O)N(c2ccccc2)c2cc(Cl)ccc2N1CCO. The molecule has 2 amide bonds. The molecule has 1 aliphatic heterocycles. The van der Waals surface area contributed by atoms with Crippen LogP contribution in [0.5, 0.6) is 0 Å². The molecule has 2 aromatic rings. The summed E-state index contributed by atoms with van der Waals surface area (Å²) in [5, 5.41) is 9.71. The molecule has 0 saturated heterocycles. The van der Waals surface area contributed by atoms with Gasteiger partial charge in [0.1, 0.15) is 6.42 Å². The molecule has 5 nitrogen and oxygen atoms in total. The largest absolute Gasteiger partial charge is 0.395 e. The van der Waals surface area contributed by atoms with Gasteiger partial charge in [0.2, 0.25) is 11.8 Å². The molecule has 0 aliphatic carbocycles. The van der Waals surface area contributed by atoms with Gasteiger partial charge in [-0.15, -0.1) is 0 Å². The van der Waals surface area contributed by atoms with Crippen LogP contribution in [-0.4, -0.2) is 30.1 Å². The molecule has 1 N–H and O–H groups in total. The van der Waals surface area contributed by atoms with Crippen LogP contribution < -0.4 is 9.80 Å². The van der Waals surface area contributed by atoms with Crippen molar-refractivity contribution in [1.29, 1.82) is 0 Å². The summed E-state index contributed by atoms with van der Waals surface area (Å²) < 4.78 is 0. The summed E-state index contributed by atoms with van der Waals surface area (Å²) in [5.74, 6) is -0.670. The van der Waals surface area contributed by atoms with Gasteiger partial charge in [-0.25, -0.2) is 0 Å². The summed E-state index contributed by atoms with van der Waals surface area (Å²) in [7, 11) is 0. The Morgan fingerprint density at radius 1 is 1.00 bits per heavy atom. The lowest BCUT2D eigenvalue weighted by atomic mass is 10.2. The molecule has 6 heteroatoms. The Bertz CT molecular complexity index is 749. The third kappa shape index (κ3) is 2.93. The van der Waals surface area contributed by atoms with Gasteiger partial charge in [0, 0.05) is 17.3 Å².